The maximum absolute atomic E-state index is 13.1. The van der Waals surface area contributed by atoms with Crippen molar-refractivity contribution in [3.63, 3.8) is 0 Å². The van der Waals surface area contributed by atoms with Crippen molar-refractivity contribution in [2.45, 2.75) is 13.0 Å². The van der Waals surface area contributed by atoms with E-state index in [0.29, 0.717) is 51.5 Å². The Morgan fingerprint density at radius 2 is 1.94 bits per heavy atom. The van der Waals surface area contributed by atoms with Gasteiger partial charge < -0.3 is 14.5 Å². The standard InChI is InChI=1S/C25H24N4O5S/c1-4-34-23-12-16(9-10-22(23)33-2)21(15-35(3,31)32)29-24-20(28-25(29)30)11-18(14-27-24)19-8-6-5-7-17(19)13-26/h5-12,14,21H,4,15H2,1-3H3,(H,28,30)/t21-/m1/s1. The Balaban J connectivity index is 1.89. The van der Waals surface area contributed by atoms with Crippen LogP contribution in [0.2, 0.25) is 0 Å². The lowest BCUT2D eigenvalue weighted by molar-refractivity contribution is 0.310. The minimum absolute atomic E-state index is 0.301. The molecule has 4 rings (SSSR count). The molecule has 0 aliphatic rings. The SMILES string of the molecule is CCOc1cc([C@@H](CS(C)(=O)=O)n2c(=O)[nH]c3cc(-c4ccccc4C#N)cnc32)ccc1OC. The largest absolute Gasteiger partial charge is 0.493 e. The molecule has 0 fully saturated rings. The molecule has 1 N–H and O–H groups in total. The van der Waals surface area contributed by atoms with E-state index in [-0.39, 0.29) is 5.75 Å². The molecule has 10 heteroatoms. The number of aromatic amines is 1. The number of ether oxygens (including phenoxy) is 2. The number of hydrogen-bond acceptors (Lipinski definition) is 7. The predicted molar refractivity (Wildman–Crippen MR) is 133 cm³/mol. The third kappa shape index (κ3) is 4.90. The number of hydrogen-bond donors (Lipinski definition) is 1. The van der Waals surface area contributed by atoms with Crippen molar-refractivity contribution >= 4 is 21.0 Å². The van der Waals surface area contributed by atoms with Gasteiger partial charge in [0.25, 0.3) is 0 Å². The molecule has 9 nitrogen and oxygen atoms in total. The highest BCUT2D eigenvalue weighted by atomic mass is 32.2. The summed E-state index contributed by atoms with van der Waals surface area (Å²) in [7, 11) is -1.98. The van der Waals surface area contributed by atoms with Gasteiger partial charge in [-0.1, -0.05) is 24.3 Å². The van der Waals surface area contributed by atoms with Crippen LogP contribution < -0.4 is 15.2 Å². The number of rotatable bonds is 8. The van der Waals surface area contributed by atoms with Gasteiger partial charge in [-0.25, -0.2) is 18.2 Å². The molecule has 0 aliphatic heterocycles. The van der Waals surface area contributed by atoms with Crippen molar-refractivity contribution in [3.05, 3.63) is 76.3 Å². The van der Waals surface area contributed by atoms with Crippen LogP contribution in [0.25, 0.3) is 22.3 Å². The Morgan fingerprint density at radius 3 is 2.63 bits per heavy atom. The van der Waals surface area contributed by atoms with Crippen LogP contribution >= 0.6 is 0 Å². The summed E-state index contributed by atoms with van der Waals surface area (Å²) in [6.07, 6.45) is 2.69. The van der Waals surface area contributed by atoms with Crippen LogP contribution in [0.15, 0.2) is 59.5 Å². The summed E-state index contributed by atoms with van der Waals surface area (Å²) in [5.74, 6) is 0.625. The highest BCUT2D eigenvalue weighted by Crippen LogP contribution is 2.33. The van der Waals surface area contributed by atoms with E-state index in [9.17, 15) is 18.5 Å². The van der Waals surface area contributed by atoms with E-state index in [1.54, 1.807) is 48.7 Å². The van der Waals surface area contributed by atoms with Gasteiger partial charge in [-0.2, -0.15) is 5.26 Å². The Bertz CT molecular complexity index is 1600. The number of fused-ring (bicyclic) bond motifs is 1. The monoisotopic (exact) mass is 492 g/mol. The average Bonchev–Trinajstić information content (AvgIpc) is 3.16. The minimum Gasteiger partial charge on any atom is -0.493 e. The van der Waals surface area contributed by atoms with Crippen LogP contribution in [0.1, 0.15) is 24.1 Å². The molecule has 2 heterocycles. The molecule has 0 saturated heterocycles. The summed E-state index contributed by atoms with van der Waals surface area (Å²) in [4.78, 5) is 20.4. The van der Waals surface area contributed by atoms with Crippen LogP contribution in [0.5, 0.6) is 11.5 Å². The Morgan fingerprint density at radius 1 is 1.17 bits per heavy atom. The Labute approximate surface area is 202 Å². The summed E-state index contributed by atoms with van der Waals surface area (Å²) in [6, 6.07) is 15.2. The number of nitrogens with one attached hydrogen (secondary N) is 1. The fourth-order valence-electron chi connectivity index (χ4n) is 4.06. The smallest absolute Gasteiger partial charge is 0.328 e. The molecule has 4 aromatic rings. The van der Waals surface area contributed by atoms with E-state index in [1.165, 1.54) is 11.7 Å². The summed E-state index contributed by atoms with van der Waals surface area (Å²) >= 11 is 0. The second kappa shape index (κ2) is 9.64. The number of H-pyrrole nitrogens is 1. The third-order valence-electron chi connectivity index (χ3n) is 5.56. The zero-order valence-electron chi connectivity index (χ0n) is 19.5. The number of aromatic nitrogens is 3. The summed E-state index contributed by atoms with van der Waals surface area (Å²) in [5, 5.41) is 9.44. The third-order valence-corrected chi connectivity index (χ3v) is 6.48. The lowest BCUT2D eigenvalue weighted by atomic mass is 10.0. The fraction of sp³-hybridized carbons (Fsp3) is 0.240. The van der Waals surface area contributed by atoms with E-state index in [2.05, 4.69) is 16.0 Å². The van der Waals surface area contributed by atoms with E-state index >= 15 is 0 Å². The molecule has 2 aromatic heterocycles. The fourth-order valence-corrected chi connectivity index (χ4v) is 4.97. The zero-order valence-corrected chi connectivity index (χ0v) is 20.3. The number of imidazole rings is 1. The van der Waals surface area contributed by atoms with Gasteiger partial charge in [-0.05, 0) is 36.8 Å². The average molecular weight is 493 g/mol. The summed E-state index contributed by atoms with van der Waals surface area (Å²) < 4.78 is 37.1. The van der Waals surface area contributed by atoms with E-state index < -0.39 is 21.6 Å². The highest BCUT2D eigenvalue weighted by Gasteiger charge is 2.26. The van der Waals surface area contributed by atoms with Crippen LogP contribution in [0.4, 0.5) is 0 Å². The van der Waals surface area contributed by atoms with Crippen molar-refractivity contribution in [1.82, 2.24) is 14.5 Å². The molecule has 0 aliphatic carbocycles. The van der Waals surface area contributed by atoms with Gasteiger partial charge >= 0.3 is 5.69 Å². The van der Waals surface area contributed by atoms with E-state index in [4.69, 9.17) is 9.47 Å². The maximum atomic E-state index is 13.1. The molecular formula is C25H24N4O5S. The molecule has 35 heavy (non-hydrogen) atoms. The number of sulfone groups is 1. The molecule has 2 aromatic carbocycles. The first-order valence-electron chi connectivity index (χ1n) is 10.8. The molecule has 0 unspecified atom stereocenters. The van der Waals surface area contributed by atoms with Gasteiger partial charge in [0.15, 0.2) is 17.1 Å². The van der Waals surface area contributed by atoms with Crippen LogP contribution in [0, 0.1) is 11.3 Å². The quantitative estimate of drug-likeness (QED) is 0.400. The number of nitrogens with zero attached hydrogens (tertiary/aromatic N) is 3. The van der Waals surface area contributed by atoms with Gasteiger partial charge in [-0.3, -0.25) is 4.57 Å². The van der Waals surface area contributed by atoms with Gasteiger partial charge in [0.1, 0.15) is 9.84 Å². The first-order chi connectivity index (χ1) is 16.8. The number of methoxy groups -OCH3 is 1. The first-order valence-corrected chi connectivity index (χ1v) is 12.9. The van der Waals surface area contributed by atoms with Gasteiger partial charge in [-0.15, -0.1) is 0 Å². The van der Waals surface area contributed by atoms with Crippen LogP contribution in [-0.4, -0.2) is 48.7 Å². The topological polar surface area (TPSA) is 127 Å². The minimum atomic E-state index is -3.49. The summed E-state index contributed by atoms with van der Waals surface area (Å²) in [6.45, 7) is 2.22. The number of benzene rings is 2. The molecular weight excluding hydrogens is 468 g/mol. The molecule has 180 valence electrons. The molecule has 0 radical (unpaired) electrons. The first kappa shape index (κ1) is 24.0. The molecule has 0 bridgehead atoms. The molecule has 1 atom stereocenters. The molecule has 0 spiro atoms. The second-order valence-electron chi connectivity index (χ2n) is 8.00. The number of nitriles is 1. The van der Waals surface area contributed by atoms with Crippen molar-refractivity contribution < 1.29 is 17.9 Å². The highest BCUT2D eigenvalue weighted by molar-refractivity contribution is 7.90. The van der Waals surface area contributed by atoms with Crippen molar-refractivity contribution in [3.8, 4) is 28.7 Å². The molecule has 0 saturated carbocycles. The molecule has 0 amide bonds. The zero-order chi connectivity index (χ0) is 25.2. The summed E-state index contributed by atoms with van der Waals surface area (Å²) in [5.41, 5.74) is 2.61. The van der Waals surface area contributed by atoms with Crippen LogP contribution in [0.3, 0.4) is 0 Å². The van der Waals surface area contributed by atoms with Crippen molar-refractivity contribution in [2.75, 3.05) is 25.7 Å². The van der Waals surface area contributed by atoms with Crippen LogP contribution in [-0.2, 0) is 9.84 Å². The number of pyridine rings is 1. The van der Waals surface area contributed by atoms with Gasteiger partial charge in [0.2, 0.25) is 0 Å². The lowest BCUT2D eigenvalue weighted by Crippen LogP contribution is -2.28. The Kier molecular flexibility index (Phi) is 6.62. The van der Waals surface area contributed by atoms with E-state index in [0.717, 1.165) is 6.26 Å². The van der Waals surface area contributed by atoms with Crippen molar-refractivity contribution in [2.24, 2.45) is 0 Å². The predicted octanol–water partition coefficient (Wildman–Crippen LogP) is 3.30. The van der Waals surface area contributed by atoms with E-state index in [1.807, 2.05) is 13.0 Å². The normalized spacial score (nSPS) is 12.3. The maximum Gasteiger partial charge on any atom is 0.328 e. The van der Waals surface area contributed by atoms with Gasteiger partial charge in [0, 0.05) is 23.6 Å². The van der Waals surface area contributed by atoms with Crippen molar-refractivity contribution in [1.29, 1.82) is 5.26 Å². The van der Waals surface area contributed by atoms with Gasteiger partial charge in [0.05, 0.1) is 42.7 Å². The second-order valence-corrected chi connectivity index (χ2v) is 10.2. The Hall–Kier alpha value is -4.10. The lowest BCUT2D eigenvalue weighted by Gasteiger charge is -2.20.